The normalized spacial score (nSPS) is 12.6. The van der Waals surface area contributed by atoms with Gasteiger partial charge in [-0.1, -0.05) is 36.8 Å². The molecule has 7 heteroatoms. The zero-order chi connectivity index (χ0) is 20.0. The highest BCUT2D eigenvalue weighted by Crippen LogP contribution is 2.18. The summed E-state index contributed by atoms with van der Waals surface area (Å²) in [7, 11) is -2.13. The van der Waals surface area contributed by atoms with Gasteiger partial charge in [0.2, 0.25) is 15.9 Å². The summed E-state index contributed by atoms with van der Waals surface area (Å²) >= 11 is 0. The van der Waals surface area contributed by atoms with E-state index in [4.69, 9.17) is 4.74 Å². The molecule has 146 valence electrons. The number of ether oxygens (including phenoxy) is 1. The Morgan fingerprint density at radius 2 is 1.70 bits per heavy atom. The number of carbonyl (C=O) groups excluding carboxylic acids is 1. The van der Waals surface area contributed by atoms with Crippen molar-refractivity contribution in [3.8, 4) is 5.75 Å². The van der Waals surface area contributed by atoms with Crippen LogP contribution >= 0.6 is 0 Å². The summed E-state index contributed by atoms with van der Waals surface area (Å²) in [6.07, 6.45) is 0. The molecular weight excluding hydrogens is 364 g/mol. The van der Waals surface area contributed by atoms with Crippen LogP contribution in [0.3, 0.4) is 0 Å². The molecule has 1 atom stereocenters. The number of hydrogen-bond acceptors (Lipinski definition) is 4. The molecule has 6 nitrogen and oxygen atoms in total. The molecule has 1 N–H and O–H groups in total. The zero-order valence-electron chi connectivity index (χ0n) is 16.1. The third kappa shape index (κ3) is 5.30. The van der Waals surface area contributed by atoms with Gasteiger partial charge in [-0.15, -0.1) is 0 Å². The average molecular weight is 391 g/mol. The standard InChI is InChI=1S/C20H26N2O4S/c1-5-22(27(24,25)19-12-6-15(2)7-13-19)14-20(23)21-16(3)17-8-10-18(26-4)11-9-17/h6-13,16H,5,14H2,1-4H3,(H,21,23)/t16-/m1/s1. The Morgan fingerprint density at radius 1 is 1.11 bits per heavy atom. The molecule has 0 aliphatic carbocycles. The molecule has 0 saturated carbocycles. The number of likely N-dealkylation sites (N-methyl/N-ethyl adjacent to an activating group) is 1. The van der Waals surface area contributed by atoms with Gasteiger partial charge in [-0.2, -0.15) is 4.31 Å². The monoisotopic (exact) mass is 390 g/mol. The molecule has 0 fully saturated rings. The number of nitrogens with zero attached hydrogens (tertiary/aromatic N) is 1. The van der Waals surface area contributed by atoms with E-state index in [1.807, 2.05) is 38.1 Å². The van der Waals surface area contributed by atoms with Crippen LogP contribution in [-0.4, -0.2) is 38.8 Å². The molecule has 0 aliphatic heterocycles. The zero-order valence-corrected chi connectivity index (χ0v) is 16.9. The third-order valence-corrected chi connectivity index (χ3v) is 6.26. The number of nitrogens with one attached hydrogen (secondary N) is 1. The predicted molar refractivity (Wildman–Crippen MR) is 105 cm³/mol. The highest BCUT2D eigenvalue weighted by Gasteiger charge is 2.25. The molecule has 0 unspecified atom stereocenters. The summed E-state index contributed by atoms with van der Waals surface area (Å²) in [5.74, 6) is 0.384. The average Bonchev–Trinajstić information content (AvgIpc) is 2.66. The Kier molecular flexibility index (Phi) is 6.98. The van der Waals surface area contributed by atoms with Crippen molar-refractivity contribution in [2.24, 2.45) is 0 Å². The maximum absolute atomic E-state index is 12.8. The van der Waals surface area contributed by atoms with E-state index in [9.17, 15) is 13.2 Å². The number of rotatable bonds is 8. The van der Waals surface area contributed by atoms with Crippen molar-refractivity contribution >= 4 is 15.9 Å². The van der Waals surface area contributed by atoms with Crippen molar-refractivity contribution in [1.82, 2.24) is 9.62 Å². The number of sulfonamides is 1. The summed E-state index contributed by atoms with van der Waals surface area (Å²) in [5.41, 5.74) is 1.89. The van der Waals surface area contributed by atoms with Crippen molar-refractivity contribution in [3.05, 3.63) is 59.7 Å². The molecule has 2 aromatic carbocycles. The number of carbonyl (C=O) groups is 1. The fourth-order valence-corrected chi connectivity index (χ4v) is 4.05. The summed E-state index contributed by atoms with van der Waals surface area (Å²) < 4.78 is 31.8. The summed E-state index contributed by atoms with van der Waals surface area (Å²) in [4.78, 5) is 12.6. The summed E-state index contributed by atoms with van der Waals surface area (Å²) in [6.45, 7) is 5.44. The molecule has 27 heavy (non-hydrogen) atoms. The molecule has 0 saturated heterocycles. The number of benzene rings is 2. The lowest BCUT2D eigenvalue weighted by atomic mass is 10.1. The van der Waals surface area contributed by atoms with Crippen molar-refractivity contribution in [2.75, 3.05) is 20.2 Å². The molecule has 0 bridgehead atoms. The minimum absolute atomic E-state index is 0.186. The van der Waals surface area contributed by atoms with E-state index < -0.39 is 10.0 Å². The van der Waals surface area contributed by atoms with Crippen molar-refractivity contribution in [2.45, 2.75) is 31.7 Å². The largest absolute Gasteiger partial charge is 0.497 e. The van der Waals surface area contributed by atoms with Crippen LogP contribution in [0.25, 0.3) is 0 Å². The minimum Gasteiger partial charge on any atom is -0.497 e. The lowest BCUT2D eigenvalue weighted by molar-refractivity contribution is -0.121. The van der Waals surface area contributed by atoms with Crippen LogP contribution in [0.2, 0.25) is 0 Å². The fourth-order valence-electron chi connectivity index (χ4n) is 2.65. The van der Waals surface area contributed by atoms with Crippen LogP contribution in [0.5, 0.6) is 5.75 Å². The second-order valence-corrected chi connectivity index (χ2v) is 8.24. The molecule has 0 aromatic heterocycles. The van der Waals surface area contributed by atoms with Crippen molar-refractivity contribution in [3.63, 3.8) is 0 Å². The van der Waals surface area contributed by atoms with E-state index in [1.54, 1.807) is 38.3 Å². The SMILES string of the molecule is CCN(CC(=O)N[C@H](C)c1ccc(OC)cc1)S(=O)(=O)c1ccc(C)cc1. The highest BCUT2D eigenvalue weighted by molar-refractivity contribution is 7.89. The molecule has 0 aliphatic rings. The summed E-state index contributed by atoms with van der Waals surface area (Å²) in [6, 6.07) is 13.7. The predicted octanol–water partition coefficient (Wildman–Crippen LogP) is 2.89. The topological polar surface area (TPSA) is 75.7 Å². The molecular formula is C20H26N2O4S. The lowest BCUT2D eigenvalue weighted by Gasteiger charge is -2.22. The number of amides is 1. The van der Waals surface area contributed by atoms with Crippen molar-refractivity contribution in [1.29, 1.82) is 0 Å². The van der Waals surface area contributed by atoms with Crippen LogP contribution in [0, 0.1) is 6.92 Å². The van der Waals surface area contributed by atoms with E-state index in [0.717, 1.165) is 16.9 Å². The highest BCUT2D eigenvalue weighted by atomic mass is 32.2. The quantitative estimate of drug-likeness (QED) is 0.752. The Labute approximate surface area is 161 Å². The molecule has 1 amide bonds. The lowest BCUT2D eigenvalue weighted by Crippen LogP contribution is -2.41. The van der Waals surface area contributed by atoms with Gasteiger partial charge in [0.05, 0.1) is 24.6 Å². The van der Waals surface area contributed by atoms with Crippen LogP contribution in [0.4, 0.5) is 0 Å². The molecule has 2 rings (SSSR count). The Morgan fingerprint density at radius 3 is 2.22 bits per heavy atom. The van der Waals surface area contributed by atoms with E-state index in [1.165, 1.54) is 4.31 Å². The Bertz CT molecular complexity index is 862. The first-order valence-electron chi connectivity index (χ1n) is 8.78. The fraction of sp³-hybridized carbons (Fsp3) is 0.350. The number of aryl methyl sites for hydroxylation is 1. The van der Waals surface area contributed by atoms with Gasteiger partial charge in [0, 0.05) is 6.54 Å². The van der Waals surface area contributed by atoms with Crippen LogP contribution < -0.4 is 10.1 Å². The van der Waals surface area contributed by atoms with Gasteiger partial charge < -0.3 is 10.1 Å². The first kappa shape index (κ1) is 20.9. The molecule has 0 heterocycles. The van der Waals surface area contributed by atoms with Gasteiger partial charge >= 0.3 is 0 Å². The second kappa shape index (κ2) is 9.01. The summed E-state index contributed by atoms with van der Waals surface area (Å²) in [5, 5.41) is 2.85. The van der Waals surface area contributed by atoms with E-state index in [-0.39, 0.29) is 29.9 Å². The van der Waals surface area contributed by atoms with E-state index >= 15 is 0 Å². The van der Waals surface area contributed by atoms with E-state index in [0.29, 0.717) is 0 Å². The van der Waals surface area contributed by atoms with Gasteiger partial charge in [0.15, 0.2) is 0 Å². The number of methoxy groups -OCH3 is 1. The second-order valence-electron chi connectivity index (χ2n) is 6.31. The van der Waals surface area contributed by atoms with Crippen LogP contribution in [0.15, 0.2) is 53.4 Å². The minimum atomic E-state index is -3.72. The van der Waals surface area contributed by atoms with Gasteiger partial charge in [-0.3, -0.25) is 4.79 Å². The maximum atomic E-state index is 12.8. The van der Waals surface area contributed by atoms with Crippen LogP contribution in [-0.2, 0) is 14.8 Å². The third-order valence-electron chi connectivity index (χ3n) is 4.32. The van der Waals surface area contributed by atoms with Crippen molar-refractivity contribution < 1.29 is 17.9 Å². The Balaban J connectivity index is 2.06. The van der Waals surface area contributed by atoms with Gasteiger partial charge in [-0.05, 0) is 43.7 Å². The Hall–Kier alpha value is -2.38. The van der Waals surface area contributed by atoms with Gasteiger partial charge in [0.1, 0.15) is 5.75 Å². The first-order chi connectivity index (χ1) is 12.8. The molecule has 0 radical (unpaired) electrons. The van der Waals surface area contributed by atoms with E-state index in [2.05, 4.69) is 5.32 Å². The van der Waals surface area contributed by atoms with Crippen LogP contribution in [0.1, 0.15) is 31.0 Å². The molecule has 0 spiro atoms. The van der Waals surface area contributed by atoms with Gasteiger partial charge in [-0.25, -0.2) is 8.42 Å². The molecule has 2 aromatic rings. The number of hydrogen-bond donors (Lipinski definition) is 1. The first-order valence-corrected chi connectivity index (χ1v) is 10.2. The smallest absolute Gasteiger partial charge is 0.243 e. The maximum Gasteiger partial charge on any atom is 0.243 e. The van der Waals surface area contributed by atoms with Gasteiger partial charge in [0.25, 0.3) is 0 Å².